The summed E-state index contributed by atoms with van der Waals surface area (Å²) in [5.41, 5.74) is 1.67. The predicted molar refractivity (Wildman–Crippen MR) is 83.2 cm³/mol. The van der Waals surface area contributed by atoms with Crippen LogP contribution in [0.25, 0.3) is 21.7 Å². The second-order valence-electron chi connectivity index (χ2n) is 4.35. The van der Waals surface area contributed by atoms with E-state index >= 15 is 0 Å². The van der Waals surface area contributed by atoms with E-state index in [9.17, 15) is 0 Å². The Kier molecular flexibility index (Phi) is 3.22. The summed E-state index contributed by atoms with van der Waals surface area (Å²) in [6, 6.07) is 14.9. The molecule has 0 atom stereocenters. The Morgan fingerprint density at radius 1 is 0.950 bits per heavy atom. The largest absolute Gasteiger partial charge is 0.248 e. The molecule has 0 aliphatic rings. The smallest absolute Gasteiger partial charge is 0.233 e. The third kappa shape index (κ3) is 2.19. The molecule has 5 heteroatoms. The number of alkyl halides is 3. The molecule has 0 bridgehead atoms. The summed E-state index contributed by atoms with van der Waals surface area (Å²) in [5, 5.41) is 11.6. The van der Waals surface area contributed by atoms with Gasteiger partial charge in [-0.25, -0.2) is 4.98 Å². The van der Waals surface area contributed by atoms with E-state index < -0.39 is 3.79 Å². The molecule has 3 aromatic rings. The van der Waals surface area contributed by atoms with Crippen molar-refractivity contribution in [2.24, 2.45) is 0 Å². The molecule has 0 amide bonds. The van der Waals surface area contributed by atoms with E-state index in [1.807, 2.05) is 24.3 Å². The van der Waals surface area contributed by atoms with Crippen molar-refractivity contribution in [3.05, 3.63) is 53.7 Å². The zero-order chi connectivity index (χ0) is 14.3. The molecule has 0 saturated carbocycles. The Morgan fingerprint density at radius 3 is 2.30 bits per heavy atom. The van der Waals surface area contributed by atoms with Gasteiger partial charge in [-0.3, -0.25) is 0 Å². The number of nitrogens with zero attached hydrogens (tertiary/aromatic N) is 2. The SMILES string of the molecule is N#Cc1ccc2nc(C(Cl)(Cl)Cl)c3ccccc3c2c1. The highest BCUT2D eigenvalue weighted by Gasteiger charge is 2.27. The maximum Gasteiger partial charge on any atom is 0.233 e. The van der Waals surface area contributed by atoms with Crippen LogP contribution in [0, 0.1) is 11.3 Å². The monoisotopic (exact) mass is 320 g/mol. The van der Waals surface area contributed by atoms with E-state index in [-0.39, 0.29) is 0 Å². The van der Waals surface area contributed by atoms with E-state index in [0.717, 1.165) is 16.2 Å². The Labute approximate surface area is 130 Å². The molecule has 0 unspecified atom stereocenters. The fourth-order valence-electron chi connectivity index (χ4n) is 2.24. The summed E-state index contributed by atoms with van der Waals surface area (Å²) >= 11 is 18.0. The van der Waals surface area contributed by atoms with Gasteiger partial charge >= 0.3 is 0 Å². The summed E-state index contributed by atoms with van der Waals surface area (Å²) in [4.78, 5) is 4.44. The average Bonchev–Trinajstić information content (AvgIpc) is 2.44. The molecule has 1 aromatic heterocycles. The van der Waals surface area contributed by atoms with Gasteiger partial charge < -0.3 is 0 Å². The fourth-order valence-corrected chi connectivity index (χ4v) is 2.67. The van der Waals surface area contributed by atoms with Crippen molar-refractivity contribution in [1.82, 2.24) is 4.98 Å². The predicted octanol–water partition coefficient (Wildman–Crippen LogP) is 5.09. The number of rotatable bonds is 0. The molecule has 0 fully saturated rings. The number of hydrogen-bond acceptors (Lipinski definition) is 2. The topological polar surface area (TPSA) is 36.7 Å². The summed E-state index contributed by atoms with van der Waals surface area (Å²) in [6.07, 6.45) is 0. The van der Waals surface area contributed by atoms with Gasteiger partial charge in [0.15, 0.2) is 0 Å². The molecule has 2 aromatic carbocycles. The lowest BCUT2D eigenvalue weighted by molar-refractivity contribution is 1.14. The van der Waals surface area contributed by atoms with Crippen LogP contribution in [0.5, 0.6) is 0 Å². The molecule has 1 heterocycles. The maximum atomic E-state index is 9.02. The first kappa shape index (κ1) is 13.5. The normalized spacial score (nSPS) is 11.7. The number of pyridine rings is 1. The van der Waals surface area contributed by atoms with Gasteiger partial charge in [0.25, 0.3) is 0 Å². The Morgan fingerprint density at radius 2 is 1.65 bits per heavy atom. The summed E-state index contributed by atoms with van der Waals surface area (Å²) in [5.74, 6) is 0. The highest BCUT2D eigenvalue weighted by molar-refractivity contribution is 6.67. The van der Waals surface area contributed by atoms with Crippen LogP contribution in [0.2, 0.25) is 0 Å². The zero-order valence-electron chi connectivity index (χ0n) is 10.1. The molecule has 2 nitrogen and oxygen atoms in total. The van der Waals surface area contributed by atoms with E-state index in [0.29, 0.717) is 16.8 Å². The van der Waals surface area contributed by atoms with Gasteiger partial charge in [0.05, 0.1) is 17.1 Å². The second-order valence-corrected chi connectivity index (χ2v) is 6.63. The molecular formula is C15H7Cl3N2. The highest BCUT2D eigenvalue weighted by Crippen LogP contribution is 2.42. The van der Waals surface area contributed by atoms with Gasteiger partial charge in [-0.2, -0.15) is 5.26 Å². The van der Waals surface area contributed by atoms with Gasteiger partial charge in [-0.05, 0) is 23.6 Å². The minimum atomic E-state index is -1.60. The maximum absolute atomic E-state index is 9.02. The third-order valence-electron chi connectivity index (χ3n) is 3.10. The van der Waals surface area contributed by atoms with Crippen LogP contribution in [0.4, 0.5) is 0 Å². The summed E-state index contributed by atoms with van der Waals surface area (Å²) in [6.45, 7) is 0. The van der Waals surface area contributed by atoms with Crippen LogP contribution in [0.15, 0.2) is 42.5 Å². The van der Waals surface area contributed by atoms with Crippen LogP contribution < -0.4 is 0 Å². The van der Waals surface area contributed by atoms with Gasteiger partial charge in [0.2, 0.25) is 3.79 Å². The minimum absolute atomic E-state index is 0.398. The van der Waals surface area contributed by atoms with Gasteiger partial charge in [0.1, 0.15) is 5.69 Å². The van der Waals surface area contributed by atoms with Crippen molar-refractivity contribution < 1.29 is 0 Å². The molecule has 0 aliphatic heterocycles. The zero-order valence-corrected chi connectivity index (χ0v) is 12.3. The molecule has 0 radical (unpaired) electrons. The third-order valence-corrected chi connectivity index (χ3v) is 3.64. The standard InChI is InChI=1S/C15H7Cl3N2/c16-15(17,18)14-11-4-2-1-3-10(11)12-7-9(8-19)5-6-13(12)20-14/h1-7H. The molecule has 98 valence electrons. The second kappa shape index (κ2) is 4.79. The molecule has 3 rings (SSSR count). The van der Waals surface area contributed by atoms with Crippen LogP contribution in [-0.2, 0) is 3.79 Å². The molecule has 20 heavy (non-hydrogen) atoms. The van der Waals surface area contributed by atoms with E-state index in [1.54, 1.807) is 18.2 Å². The minimum Gasteiger partial charge on any atom is -0.248 e. The van der Waals surface area contributed by atoms with Crippen LogP contribution in [-0.4, -0.2) is 4.98 Å². The molecule has 0 N–H and O–H groups in total. The van der Waals surface area contributed by atoms with Crippen molar-refractivity contribution in [2.45, 2.75) is 3.79 Å². The van der Waals surface area contributed by atoms with Crippen LogP contribution in [0.3, 0.4) is 0 Å². The molecular weight excluding hydrogens is 315 g/mol. The number of halogens is 3. The quantitative estimate of drug-likeness (QED) is 0.427. The van der Waals surface area contributed by atoms with E-state index in [1.165, 1.54) is 0 Å². The number of fused-ring (bicyclic) bond motifs is 3. The fraction of sp³-hybridized carbons (Fsp3) is 0.0667. The van der Waals surface area contributed by atoms with E-state index in [4.69, 9.17) is 40.1 Å². The number of aromatic nitrogens is 1. The van der Waals surface area contributed by atoms with Crippen LogP contribution in [0.1, 0.15) is 11.3 Å². The first-order chi connectivity index (χ1) is 9.50. The molecule has 0 saturated heterocycles. The lowest BCUT2D eigenvalue weighted by Crippen LogP contribution is -2.05. The number of hydrogen-bond donors (Lipinski definition) is 0. The van der Waals surface area contributed by atoms with Crippen molar-refractivity contribution in [3.8, 4) is 6.07 Å². The summed E-state index contributed by atoms with van der Waals surface area (Å²) < 4.78 is -1.60. The van der Waals surface area contributed by atoms with E-state index in [2.05, 4.69) is 11.1 Å². The average molecular weight is 322 g/mol. The van der Waals surface area contributed by atoms with Crippen LogP contribution >= 0.6 is 34.8 Å². The molecule has 0 spiro atoms. The van der Waals surface area contributed by atoms with Gasteiger partial charge in [-0.15, -0.1) is 0 Å². The first-order valence-electron chi connectivity index (χ1n) is 5.80. The van der Waals surface area contributed by atoms with Crippen molar-refractivity contribution in [1.29, 1.82) is 5.26 Å². The Balaban J connectivity index is 2.52. The highest BCUT2D eigenvalue weighted by atomic mass is 35.6. The van der Waals surface area contributed by atoms with Gasteiger partial charge in [0, 0.05) is 10.8 Å². The van der Waals surface area contributed by atoms with Crippen molar-refractivity contribution in [3.63, 3.8) is 0 Å². The number of benzene rings is 2. The Hall–Kier alpha value is -1.53. The number of nitriles is 1. The van der Waals surface area contributed by atoms with Crippen molar-refractivity contribution >= 4 is 56.5 Å². The van der Waals surface area contributed by atoms with Gasteiger partial charge in [-0.1, -0.05) is 59.1 Å². The Bertz CT molecular complexity index is 860. The summed E-state index contributed by atoms with van der Waals surface area (Å²) in [7, 11) is 0. The molecule has 0 aliphatic carbocycles. The lowest BCUT2D eigenvalue weighted by atomic mass is 10.0. The first-order valence-corrected chi connectivity index (χ1v) is 6.94. The lowest BCUT2D eigenvalue weighted by Gasteiger charge is -2.15. The van der Waals surface area contributed by atoms with Crippen molar-refractivity contribution in [2.75, 3.05) is 0 Å².